The summed E-state index contributed by atoms with van der Waals surface area (Å²) in [6.07, 6.45) is 0. The van der Waals surface area contributed by atoms with Gasteiger partial charge in [0.05, 0.1) is 8.95 Å². The highest BCUT2D eigenvalue weighted by Crippen LogP contribution is 2.35. The second-order valence-corrected chi connectivity index (χ2v) is 6.01. The molecular weight excluding hydrogens is 376 g/mol. The van der Waals surface area contributed by atoms with Crippen molar-refractivity contribution in [1.82, 2.24) is 10.2 Å². The Labute approximate surface area is 127 Å². The Hall–Kier alpha value is -1.14. The number of hydrogen-bond donors (Lipinski definition) is 1. The fraction of sp³-hybridized carbons (Fsp3) is 0.231. The van der Waals surface area contributed by atoms with Crippen LogP contribution in [-0.2, 0) is 0 Å². The molecule has 0 unspecified atom stereocenters. The average Bonchev–Trinajstić information content (AvgIpc) is 2.35. The van der Waals surface area contributed by atoms with E-state index in [0.717, 1.165) is 8.95 Å². The average molecular weight is 388 g/mol. The third-order valence-electron chi connectivity index (χ3n) is 2.56. The van der Waals surface area contributed by atoms with Crippen molar-refractivity contribution >= 4 is 31.9 Å². The van der Waals surface area contributed by atoms with E-state index in [4.69, 9.17) is 4.74 Å². The van der Waals surface area contributed by atoms with Crippen LogP contribution in [0.15, 0.2) is 38.0 Å². The lowest BCUT2D eigenvalue weighted by Gasteiger charge is -2.10. The summed E-state index contributed by atoms with van der Waals surface area (Å²) in [7, 11) is 0. The van der Waals surface area contributed by atoms with E-state index in [9.17, 15) is 4.79 Å². The van der Waals surface area contributed by atoms with Gasteiger partial charge >= 0.3 is 0 Å². The van der Waals surface area contributed by atoms with Crippen LogP contribution >= 0.6 is 31.9 Å². The topological polar surface area (TPSA) is 55.0 Å². The molecule has 0 bridgehead atoms. The second kappa shape index (κ2) is 5.88. The number of aromatic nitrogens is 2. The molecule has 19 heavy (non-hydrogen) atoms. The summed E-state index contributed by atoms with van der Waals surface area (Å²) in [5.41, 5.74) is 0.460. The third-order valence-corrected chi connectivity index (χ3v) is 3.81. The molecule has 6 heteroatoms. The van der Waals surface area contributed by atoms with Crippen LogP contribution in [-0.4, -0.2) is 10.2 Å². The molecule has 0 spiro atoms. The Kier molecular flexibility index (Phi) is 4.42. The predicted molar refractivity (Wildman–Crippen MR) is 80.9 cm³/mol. The van der Waals surface area contributed by atoms with Crippen molar-refractivity contribution in [3.05, 3.63) is 49.1 Å². The van der Waals surface area contributed by atoms with E-state index in [1.807, 2.05) is 32.0 Å². The molecule has 0 aliphatic heterocycles. The standard InChI is InChI=1S/C13H12Br2N2O2/c1-7(2)8-6-11(16-17-13(8)18)19-12-9(14)4-3-5-10(12)15/h3-7H,1-2H3,(H,17,18). The summed E-state index contributed by atoms with van der Waals surface area (Å²) in [4.78, 5) is 11.6. The number of halogens is 2. The number of H-pyrrole nitrogens is 1. The van der Waals surface area contributed by atoms with Crippen LogP contribution in [0.4, 0.5) is 0 Å². The molecule has 0 saturated carbocycles. The van der Waals surface area contributed by atoms with Crippen molar-refractivity contribution in [3.63, 3.8) is 0 Å². The predicted octanol–water partition coefficient (Wildman–Crippen LogP) is 4.21. The number of ether oxygens (including phenoxy) is 1. The minimum absolute atomic E-state index is 0.108. The number of rotatable bonds is 3. The molecule has 0 radical (unpaired) electrons. The normalized spacial score (nSPS) is 10.8. The first-order chi connectivity index (χ1) is 8.99. The lowest BCUT2D eigenvalue weighted by molar-refractivity contribution is 0.447. The van der Waals surface area contributed by atoms with Crippen molar-refractivity contribution in [3.8, 4) is 11.6 Å². The van der Waals surface area contributed by atoms with Gasteiger partial charge < -0.3 is 4.74 Å². The summed E-state index contributed by atoms with van der Waals surface area (Å²) < 4.78 is 7.32. The first-order valence-electron chi connectivity index (χ1n) is 5.70. The van der Waals surface area contributed by atoms with Gasteiger partial charge in [-0.15, -0.1) is 5.10 Å². The zero-order chi connectivity index (χ0) is 14.0. The highest BCUT2D eigenvalue weighted by molar-refractivity contribution is 9.11. The molecule has 2 aromatic rings. The Bertz CT molecular complexity index is 633. The second-order valence-electron chi connectivity index (χ2n) is 4.30. The fourth-order valence-electron chi connectivity index (χ4n) is 1.57. The number of nitrogens with one attached hydrogen (secondary N) is 1. The molecule has 1 aromatic carbocycles. The van der Waals surface area contributed by atoms with Crippen LogP contribution in [0.3, 0.4) is 0 Å². The Morgan fingerprint density at radius 3 is 2.47 bits per heavy atom. The summed E-state index contributed by atoms with van der Waals surface area (Å²) >= 11 is 6.82. The Morgan fingerprint density at radius 2 is 1.89 bits per heavy atom. The minimum Gasteiger partial charge on any atom is -0.435 e. The SMILES string of the molecule is CC(C)c1cc(Oc2c(Br)cccc2Br)n[nH]c1=O. The molecule has 0 aliphatic carbocycles. The quantitative estimate of drug-likeness (QED) is 0.858. The van der Waals surface area contributed by atoms with Gasteiger partial charge in [-0.2, -0.15) is 0 Å². The molecule has 0 saturated heterocycles. The van der Waals surface area contributed by atoms with Crippen molar-refractivity contribution in [2.24, 2.45) is 0 Å². The third kappa shape index (κ3) is 3.25. The van der Waals surface area contributed by atoms with Crippen molar-refractivity contribution in [1.29, 1.82) is 0 Å². The summed E-state index contributed by atoms with van der Waals surface area (Å²) in [6, 6.07) is 7.29. The first kappa shape index (κ1) is 14.3. The van der Waals surface area contributed by atoms with Gasteiger partial charge in [-0.1, -0.05) is 19.9 Å². The maximum atomic E-state index is 11.6. The maximum absolute atomic E-state index is 11.6. The lowest BCUT2D eigenvalue weighted by atomic mass is 10.1. The lowest BCUT2D eigenvalue weighted by Crippen LogP contribution is -2.15. The van der Waals surface area contributed by atoms with E-state index in [0.29, 0.717) is 17.2 Å². The number of aromatic amines is 1. The Morgan fingerprint density at radius 1 is 1.26 bits per heavy atom. The van der Waals surface area contributed by atoms with Gasteiger partial charge in [0.15, 0.2) is 5.75 Å². The van der Waals surface area contributed by atoms with Gasteiger partial charge in [0, 0.05) is 11.6 Å². The zero-order valence-electron chi connectivity index (χ0n) is 10.4. The van der Waals surface area contributed by atoms with Gasteiger partial charge in [-0.3, -0.25) is 4.79 Å². The van der Waals surface area contributed by atoms with Crippen LogP contribution in [0.5, 0.6) is 11.6 Å². The molecule has 0 aliphatic rings. The van der Waals surface area contributed by atoms with Crippen LogP contribution in [0.1, 0.15) is 25.3 Å². The molecule has 0 amide bonds. The van der Waals surface area contributed by atoms with E-state index in [2.05, 4.69) is 42.1 Å². The van der Waals surface area contributed by atoms with Crippen LogP contribution < -0.4 is 10.3 Å². The summed E-state index contributed by atoms with van der Waals surface area (Å²) in [5.74, 6) is 1.09. The van der Waals surface area contributed by atoms with Crippen LogP contribution in [0.2, 0.25) is 0 Å². The maximum Gasteiger partial charge on any atom is 0.267 e. The number of para-hydroxylation sites is 1. The minimum atomic E-state index is -0.187. The molecule has 0 atom stereocenters. The molecule has 2 rings (SSSR count). The highest BCUT2D eigenvalue weighted by Gasteiger charge is 2.11. The van der Waals surface area contributed by atoms with Crippen LogP contribution in [0, 0.1) is 0 Å². The fourth-order valence-corrected chi connectivity index (χ4v) is 2.73. The van der Waals surface area contributed by atoms with Crippen molar-refractivity contribution in [2.45, 2.75) is 19.8 Å². The van der Waals surface area contributed by atoms with Crippen molar-refractivity contribution in [2.75, 3.05) is 0 Å². The zero-order valence-corrected chi connectivity index (χ0v) is 13.6. The van der Waals surface area contributed by atoms with Gasteiger partial charge in [0.2, 0.25) is 5.88 Å². The molecule has 1 heterocycles. The van der Waals surface area contributed by atoms with E-state index in [1.165, 1.54) is 0 Å². The van der Waals surface area contributed by atoms with Crippen LogP contribution in [0.25, 0.3) is 0 Å². The van der Waals surface area contributed by atoms with Gasteiger partial charge in [-0.05, 0) is 49.9 Å². The van der Waals surface area contributed by atoms with E-state index < -0.39 is 0 Å². The highest BCUT2D eigenvalue weighted by atomic mass is 79.9. The largest absolute Gasteiger partial charge is 0.435 e. The summed E-state index contributed by atoms with van der Waals surface area (Å²) in [5, 5.41) is 6.35. The monoisotopic (exact) mass is 386 g/mol. The van der Waals surface area contributed by atoms with Crippen molar-refractivity contribution < 1.29 is 4.74 Å². The molecule has 4 nitrogen and oxygen atoms in total. The number of nitrogens with zero attached hydrogens (tertiary/aromatic N) is 1. The first-order valence-corrected chi connectivity index (χ1v) is 7.29. The smallest absolute Gasteiger partial charge is 0.267 e. The molecule has 1 N–H and O–H groups in total. The van der Waals surface area contributed by atoms with E-state index in [-0.39, 0.29) is 11.5 Å². The molecule has 100 valence electrons. The van der Waals surface area contributed by atoms with Gasteiger partial charge in [0.25, 0.3) is 5.56 Å². The van der Waals surface area contributed by atoms with E-state index >= 15 is 0 Å². The van der Waals surface area contributed by atoms with Gasteiger partial charge in [-0.25, -0.2) is 5.10 Å². The number of benzene rings is 1. The summed E-state index contributed by atoms with van der Waals surface area (Å²) in [6.45, 7) is 3.89. The number of hydrogen-bond acceptors (Lipinski definition) is 3. The molecular formula is C13H12Br2N2O2. The molecule has 1 aromatic heterocycles. The Balaban J connectivity index is 2.39. The van der Waals surface area contributed by atoms with Gasteiger partial charge in [0.1, 0.15) is 0 Å². The van der Waals surface area contributed by atoms with E-state index in [1.54, 1.807) is 6.07 Å². The molecule has 0 fully saturated rings.